The van der Waals surface area contributed by atoms with Gasteiger partial charge in [-0.3, -0.25) is 4.57 Å². The van der Waals surface area contributed by atoms with Gasteiger partial charge in [0.15, 0.2) is 18.3 Å². The molecule has 0 saturated carbocycles. The smallest absolute Gasteiger partial charge is 0.415 e. The number of carboxylic acid groups (broad SMARTS) is 1. The first-order valence-electron chi connectivity index (χ1n) is 6.38. The fourth-order valence-corrected chi connectivity index (χ4v) is 2.45. The van der Waals surface area contributed by atoms with Crippen LogP contribution in [0.3, 0.4) is 0 Å². The number of nitrogens with zero attached hydrogens (tertiary/aromatic N) is 4. The zero-order chi connectivity index (χ0) is 16.0. The fraction of sp³-hybridized carbons (Fsp3) is 0.545. The van der Waals surface area contributed by atoms with E-state index in [2.05, 4.69) is 9.98 Å². The summed E-state index contributed by atoms with van der Waals surface area (Å²) in [6.07, 6.45) is -5.48. The van der Waals surface area contributed by atoms with E-state index in [1.807, 2.05) is 0 Å². The Morgan fingerprint density at radius 1 is 1.32 bits per heavy atom. The molecule has 0 bridgehead atoms. The third-order valence-corrected chi connectivity index (χ3v) is 3.62. The average Bonchev–Trinajstić information content (AvgIpc) is 3.02. The third-order valence-electron chi connectivity index (χ3n) is 3.62. The molecule has 0 radical (unpaired) electrons. The second-order valence-electron chi connectivity index (χ2n) is 4.90. The van der Waals surface area contributed by atoms with Crippen molar-refractivity contribution in [1.29, 1.82) is 0 Å². The quantitative estimate of drug-likeness (QED) is 0.424. The van der Waals surface area contributed by atoms with Gasteiger partial charge < -0.3 is 30.3 Å². The van der Waals surface area contributed by atoms with Crippen LogP contribution in [-0.2, 0) is 4.74 Å². The van der Waals surface area contributed by atoms with E-state index in [-0.39, 0.29) is 11.5 Å². The molecular formula is C11H14N4O7. The maximum Gasteiger partial charge on any atom is 0.415 e. The molecular weight excluding hydrogens is 300 g/mol. The first-order valence-corrected chi connectivity index (χ1v) is 6.38. The molecule has 1 saturated heterocycles. The van der Waals surface area contributed by atoms with Crippen molar-refractivity contribution >= 4 is 18.2 Å². The molecule has 1 aromatic rings. The Morgan fingerprint density at radius 2 is 2.05 bits per heavy atom. The largest absolute Gasteiger partial charge is 0.465 e. The molecule has 0 aromatic carbocycles. The molecule has 3 heterocycles. The fourth-order valence-electron chi connectivity index (χ4n) is 2.45. The molecule has 0 aliphatic carbocycles. The van der Waals surface area contributed by atoms with E-state index < -0.39 is 43.5 Å². The number of carbonyl (C=O) groups is 1. The summed E-state index contributed by atoms with van der Waals surface area (Å²) in [6, 6.07) is 0. The molecule has 1 fully saturated rings. The Labute approximate surface area is 123 Å². The number of ether oxygens (including phenoxy) is 1. The van der Waals surface area contributed by atoms with Gasteiger partial charge in [0.1, 0.15) is 30.3 Å². The van der Waals surface area contributed by atoms with Gasteiger partial charge in [-0.15, -0.1) is 0 Å². The van der Waals surface area contributed by atoms with Crippen LogP contribution in [0.4, 0.5) is 10.6 Å². The normalized spacial score (nSPS) is 34.0. The number of hydrogen-bond acceptors (Lipinski definition) is 8. The zero-order valence-electron chi connectivity index (χ0n) is 11.1. The Bertz CT molecular complexity index is 618. The van der Waals surface area contributed by atoms with E-state index in [4.69, 9.17) is 14.9 Å². The van der Waals surface area contributed by atoms with Gasteiger partial charge in [0.25, 0.3) is 0 Å². The van der Waals surface area contributed by atoms with Crippen LogP contribution in [0.2, 0.25) is 0 Å². The summed E-state index contributed by atoms with van der Waals surface area (Å²) in [5.41, 5.74) is -0.0253. The zero-order valence-corrected chi connectivity index (χ0v) is 11.1. The highest BCUT2D eigenvalue weighted by Crippen LogP contribution is 2.37. The minimum Gasteiger partial charge on any atom is -0.465 e. The second kappa shape index (κ2) is 5.30. The lowest BCUT2D eigenvalue weighted by atomic mass is 10.1. The Balaban J connectivity index is 1.94. The number of aliphatic imine (C=N–C) groups is 1. The number of aromatic nitrogens is 2. The van der Waals surface area contributed by atoms with Crippen molar-refractivity contribution in [2.45, 2.75) is 30.8 Å². The molecule has 1 amide bonds. The van der Waals surface area contributed by atoms with Crippen molar-refractivity contribution < 1.29 is 35.1 Å². The maximum atomic E-state index is 10.9. The first kappa shape index (κ1) is 14.9. The number of aliphatic hydroxyl groups is 4. The van der Waals surface area contributed by atoms with Crippen molar-refractivity contribution in [3.8, 4) is 0 Å². The van der Waals surface area contributed by atoms with Gasteiger partial charge in [-0.1, -0.05) is 0 Å². The number of rotatable bonds is 2. The van der Waals surface area contributed by atoms with Crippen molar-refractivity contribution in [2.24, 2.45) is 4.99 Å². The van der Waals surface area contributed by atoms with Gasteiger partial charge in [0.2, 0.25) is 0 Å². The lowest BCUT2D eigenvalue weighted by molar-refractivity contribution is -0.0521. The summed E-state index contributed by atoms with van der Waals surface area (Å²) in [7, 11) is 0. The van der Waals surface area contributed by atoms with Gasteiger partial charge in [0.05, 0.1) is 12.9 Å². The van der Waals surface area contributed by atoms with Crippen LogP contribution in [0, 0.1) is 0 Å². The Kier molecular flexibility index (Phi) is 3.58. The second-order valence-corrected chi connectivity index (χ2v) is 4.90. The summed E-state index contributed by atoms with van der Waals surface area (Å²) < 4.78 is 6.60. The van der Waals surface area contributed by atoms with Crippen LogP contribution in [-0.4, -0.2) is 77.3 Å². The number of amides is 1. The first-order chi connectivity index (χ1) is 10.5. The minimum atomic E-state index is -1.54. The van der Waals surface area contributed by atoms with Crippen LogP contribution in [0.5, 0.6) is 0 Å². The van der Waals surface area contributed by atoms with Crippen molar-refractivity contribution in [1.82, 2.24) is 14.5 Å². The number of hydrogen-bond donors (Lipinski definition) is 5. The molecule has 2 aliphatic heterocycles. The van der Waals surface area contributed by atoms with Gasteiger partial charge in [-0.25, -0.2) is 19.7 Å². The molecule has 120 valence electrons. The van der Waals surface area contributed by atoms with Crippen LogP contribution >= 0.6 is 0 Å². The molecule has 1 aromatic heterocycles. The maximum absolute atomic E-state index is 10.9. The highest BCUT2D eigenvalue weighted by atomic mass is 16.6. The van der Waals surface area contributed by atoms with E-state index >= 15 is 0 Å². The summed E-state index contributed by atoms with van der Waals surface area (Å²) in [5.74, 6) is 0.0971. The molecule has 0 spiro atoms. The number of fused-ring (bicyclic) bond motifs is 1. The van der Waals surface area contributed by atoms with Crippen molar-refractivity contribution in [2.75, 3.05) is 6.61 Å². The molecule has 5 atom stereocenters. The van der Waals surface area contributed by atoms with Crippen molar-refractivity contribution in [3.63, 3.8) is 0 Å². The number of imidazole rings is 1. The summed E-state index contributed by atoms with van der Waals surface area (Å²) in [6.45, 7) is -0.482. The topological polar surface area (TPSA) is 161 Å². The SMILES string of the molecule is O=C(O)N1C=Nc2c(ncn2[C@@H]2O[C@H](CO)C(O)C2O)C1O. The number of aliphatic hydroxyl groups excluding tert-OH is 4. The van der Waals surface area contributed by atoms with E-state index in [1.54, 1.807) is 0 Å². The lowest BCUT2D eigenvalue weighted by Gasteiger charge is -2.24. The molecule has 2 aliphatic rings. The summed E-state index contributed by atoms with van der Waals surface area (Å²) in [5, 5.41) is 47.7. The molecule has 11 heteroatoms. The van der Waals surface area contributed by atoms with Gasteiger partial charge >= 0.3 is 6.09 Å². The summed E-state index contributed by atoms with van der Waals surface area (Å²) >= 11 is 0. The standard InChI is InChI=1S/C11H14N4O7/c16-1-4-6(17)7(18)10(22-4)14-2-12-5-8(14)13-3-15(9(5)19)11(20)21/h2-4,6-7,9-10,16-19H,1H2,(H,20,21)/t4-,6?,7?,9?,10-/m1/s1. The summed E-state index contributed by atoms with van der Waals surface area (Å²) in [4.78, 5) is 19.3. The molecule has 3 rings (SSSR count). The third kappa shape index (κ3) is 2.07. The molecule has 22 heavy (non-hydrogen) atoms. The average molecular weight is 314 g/mol. The highest BCUT2D eigenvalue weighted by Gasteiger charge is 2.45. The van der Waals surface area contributed by atoms with Gasteiger partial charge in [0, 0.05) is 0 Å². The molecule has 11 nitrogen and oxygen atoms in total. The minimum absolute atomic E-state index is 0.0253. The molecule has 3 unspecified atom stereocenters. The predicted molar refractivity (Wildman–Crippen MR) is 68.2 cm³/mol. The van der Waals surface area contributed by atoms with E-state index in [1.165, 1.54) is 10.9 Å². The van der Waals surface area contributed by atoms with Crippen LogP contribution < -0.4 is 0 Å². The highest BCUT2D eigenvalue weighted by molar-refractivity contribution is 5.84. The van der Waals surface area contributed by atoms with E-state index in [9.17, 15) is 20.1 Å². The van der Waals surface area contributed by atoms with Crippen LogP contribution in [0.25, 0.3) is 0 Å². The monoisotopic (exact) mass is 314 g/mol. The Morgan fingerprint density at radius 3 is 2.64 bits per heavy atom. The van der Waals surface area contributed by atoms with Gasteiger partial charge in [-0.2, -0.15) is 0 Å². The van der Waals surface area contributed by atoms with E-state index in [0.29, 0.717) is 4.90 Å². The predicted octanol–water partition coefficient (Wildman–Crippen LogP) is -1.86. The lowest BCUT2D eigenvalue weighted by Crippen LogP contribution is -2.35. The van der Waals surface area contributed by atoms with Gasteiger partial charge in [-0.05, 0) is 0 Å². The Hall–Kier alpha value is -2.05. The van der Waals surface area contributed by atoms with Crippen LogP contribution in [0.15, 0.2) is 11.3 Å². The molecule has 5 N–H and O–H groups in total. The van der Waals surface area contributed by atoms with Crippen molar-refractivity contribution in [3.05, 3.63) is 12.0 Å². The van der Waals surface area contributed by atoms with Crippen LogP contribution in [0.1, 0.15) is 18.1 Å². The van der Waals surface area contributed by atoms with E-state index in [0.717, 1.165) is 6.34 Å².